The van der Waals surface area contributed by atoms with Crippen LogP contribution in [0.15, 0.2) is 48.5 Å². The number of carbonyl (C=O) groups excluding carboxylic acids is 3. The van der Waals surface area contributed by atoms with Crippen LogP contribution in [0.3, 0.4) is 0 Å². The summed E-state index contributed by atoms with van der Waals surface area (Å²) in [5.74, 6) is -1.43. The standard InChI is InChI=1S/C20H20FN3O3/c1-13-7-9-15(11-16(13)21)22-18(25)12-24-19(26)17(23-20(24)27)10-8-14-5-3-2-4-6-14/h2-7,9,11,17H,8,10,12H2,1H3,(H,22,25)(H,23,27)/t17-/m1/s1. The highest BCUT2D eigenvalue weighted by atomic mass is 19.1. The van der Waals surface area contributed by atoms with Crippen LogP contribution in [0.4, 0.5) is 14.9 Å². The molecule has 0 saturated carbocycles. The van der Waals surface area contributed by atoms with E-state index in [1.54, 1.807) is 13.0 Å². The van der Waals surface area contributed by atoms with Gasteiger partial charge in [0.1, 0.15) is 18.4 Å². The van der Waals surface area contributed by atoms with E-state index in [0.717, 1.165) is 10.5 Å². The number of imide groups is 1. The third-order valence-corrected chi connectivity index (χ3v) is 4.43. The summed E-state index contributed by atoms with van der Waals surface area (Å²) < 4.78 is 13.6. The van der Waals surface area contributed by atoms with E-state index < -0.39 is 36.2 Å². The lowest BCUT2D eigenvalue weighted by Crippen LogP contribution is -2.38. The predicted octanol–water partition coefficient (Wildman–Crippen LogP) is 2.63. The van der Waals surface area contributed by atoms with Crippen LogP contribution < -0.4 is 10.6 Å². The highest BCUT2D eigenvalue weighted by Crippen LogP contribution is 2.15. The number of nitrogens with one attached hydrogen (secondary N) is 2. The van der Waals surface area contributed by atoms with Gasteiger partial charge in [-0.1, -0.05) is 36.4 Å². The van der Waals surface area contributed by atoms with Gasteiger partial charge in [-0.05, 0) is 43.0 Å². The topological polar surface area (TPSA) is 78.5 Å². The van der Waals surface area contributed by atoms with Crippen molar-refractivity contribution in [2.24, 2.45) is 0 Å². The first-order valence-corrected chi connectivity index (χ1v) is 8.66. The van der Waals surface area contributed by atoms with Gasteiger partial charge < -0.3 is 10.6 Å². The quantitative estimate of drug-likeness (QED) is 0.769. The Bertz CT molecular complexity index is 870. The normalized spacial score (nSPS) is 16.4. The molecule has 2 aromatic carbocycles. The number of rotatable bonds is 6. The Hall–Kier alpha value is -3.22. The molecular weight excluding hydrogens is 349 g/mol. The van der Waals surface area contributed by atoms with Gasteiger partial charge >= 0.3 is 6.03 Å². The number of hydrogen-bond acceptors (Lipinski definition) is 3. The van der Waals surface area contributed by atoms with Crippen molar-refractivity contribution in [2.45, 2.75) is 25.8 Å². The van der Waals surface area contributed by atoms with E-state index in [9.17, 15) is 18.8 Å². The molecule has 1 saturated heterocycles. The van der Waals surface area contributed by atoms with Crippen molar-refractivity contribution in [2.75, 3.05) is 11.9 Å². The molecule has 0 bridgehead atoms. The Kier molecular flexibility index (Phi) is 5.49. The largest absolute Gasteiger partial charge is 0.326 e. The monoisotopic (exact) mass is 369 g/mol. The van der Waals surface area contributed by atoms with Crippen molar-refractivity contribution in [3.63, 3.8) is 0 Å². The average molecular weight is 369 g/mol. The number of amides is 4. The van der Waals surface area contributed by atoms with Gasteiger partial charge in [0.15, 0.2) is 0 Å². The first-order valence-electron chi connectivity index (χ1n) is 8.66. The number of anilines is 1. The zero-order valence-corrected chi connectivity index (χ0v) is 14.9. The van der Waals surface area contributed by atoms with Crippen molar-refractivity contribution in [3.05, 3.63) is 65.5 Å². The van der Waals surface area contributed by atoms with Crippen molar-refractivity contribution >= 4 is 23.5 Å². The summed E-state index contributed by atoms with van der Waals surface area (Å²) in [4.78, 5) is 37.5. The van der Waals surface area contributed by atoms with Crippen LogP contribution in [0.2, 0.25) is 0 Å². The number of aryl methyl sites for hydroxylation is 2. The predicted molar refractivity (Wildman–Crippen MR) is 98.6 cm³/mol. The average Bonchev–Trinajstić information content (AvgIpc) is 2.91. The Morgan fingerprint density at radius 2 is 1.93 bits per heavy atom. The highest BCUT2D eigenvalue weighted by molar-refractivity contribution is 6.07. The number of benzene rings is 2. The molecule has 1 heterocycles. The maximum Gasteiger partial charge on any atom is 0.325 e. The molecule has 2 N–H and O–H groups in total. The minimum absolute atomic E-state index is 0.274. The summed E-state index contributed by atoms with van der Waals surface area (Å²) in [5.41, 5.74) is 1.80. The van der Waals surface area contributed by atoms with Crippen LogP contribution >= 0.6 is 0 Å². The highest BCUT2D eigenvalue weighted by Gasteiger charge is 2.38. The number of hydrogen-bond donors (Lipinski definition) is 2. The Balaban J connectivity index is 1.56. The molecule has 1 aliphatic heterocycles. The molecule has 0 aliphatic carbocycles. The van der Waals surface area contributed by atoms with Gasteiger partial charge in [-0.2, -0.15) is 0 Å². The van der Waals surface area contributed by atoms with E-state index in [1.165, 1.54) is 12.1 Å². The SMILES string of the molecule is Cc1ccc(NC(=O)CN2C(=O)N[C@H](CCc3ccccc3)C2=O)cc1F. The minimum atomic E-state index is -0.651. The number of nitrogens with zero attached hydrogens (tertiary/aromatic N) is 1. The molecular formula is C20H20FN3O3. The molecule has 4 amide bonds. The zero-order chi connectivity index (χ0) is 19.4. The zero-order valence-electron chi connectivity index (χ0n) is 14.9. The van der Waals surface area contributed by atoms with Gasteiger partial charge in [-0.3, -0.25) is 14.5 Å². The van der Waals surface area contributed by atoms with Gasteiger partial charge in [0.25, 0.3) is 5.91 Å². The van der Waals surface area contributed by atoms with Crippen molar-refractivity contribution in [1.29, 1.82) is 0 Å². The molecule has 140 valence electrons. The van der Waals surface area contributed by atoms with E-state index in [2.05, 4.69) is 10.6 Å². The molecule has 3 rings (SSSR count). The first-order chi connectivity index (χ1) is 12.9. The fourth-order valence-electron chi connectivity index (χ4n) is 2.89. The first kappa shape index (κ1) is 18.6. The molecule has 0 spiro atoms. The van der Waals surface area contributed by atoms with Crippen LogP contribution in [0.1, 0.15) is 17.5 Å². The second-order valence-electron chi connectivity index (χ2n) is 6.46. The van der Waals surface area contributed by atoms with Crippen molar-refractivity contribution in [1.82, 2.24) is 10.2 Å². The molecule has 0 radical (unpaired) electrons. The second-order valence-corrected chi connectivity index (χ2v) is 6.46. The maximum atomic E-state index is 13.6. The lowest BCUT2D eigenvalue weighted by atomic mass is 10.1. The number of urea groups is 1. The summed E-state index contributed by atoms with van der Waals surface area (Å²) in [6.45, 7) is 1.20. The summed E-state index contributed by atoms with van der Waals surface area (Å²) in [5, 5.41) is 5.11. The third kappa shape index (κ3) is 4.49. The van der Waals surface area contributed by atoms with E-state index in [0.29, 0.717) is 18.4 Å². The van der Waals surface area contributed by atoms with Crippen molar-refractivity contribution < 1.29 is 18.8 Å². The molecule has 0 unspecified atom stereocenters. The molecule has 0 aromatic heterocycles. The van der Waals surface area contributed by atoms with Gasteiger partial charge in [0.2, 0.25) is 5.91 Å². The summed E-state index contributed by atoms with van der Waals surface area (Å²) in [7, 11) is 0. The lowest BCUT2D eigenvalue weighted by molar-refractivity contribution is -0.130. The molecule has 1 aliphatic rings. The molecule has 7 heteroatoms. The lowest BCUT2D eigenvalue weighted by Gasteiger charge is -2.13. The van der Waals surface area contributed by atoms with Gasteiger partial charge in [0.05, 0.1) is 0 Å². The minimum Gasteiger partial charge on any atom is -0.326 e. The number of halogens is 1. The number of carbonyl (C=O) groups is 3. The van der Waals surface area contributed by atoms with E-state index in [1.807, 2.05) is 30.3 Å². The Labute approximate surface area is 156 Å². The van der Waals surface area contributed by atoms with Crippen LogP contribution in [0.25, 0.3) is 0 Å². The van der Waals surface area contributed by atoms with E-state index in [-0.39, 0.29) is 5.69 Å². The molecule has 27 heavy (non-hydrogen) atoms. The van der Waals surface area contributed by atoms with Crippen molar-refractivity contribution in [3.8, 4) is 0 Å². The fourth-order valence-corrected chi connectivity index (χ4v) is 2.89. The summed E-state index contributed by atoms with van der Waals surface area (Å²) in [6.07, 6.45) is 1.09. The maximum absolute atomic E-state index is 13.6. The van der Waals surface area contributed by atoms with Crippen LogP contribution in [0, 0.1) is 12.7 Å². The Morgan fingerprint density at radius 1 is 1.19 bits per heavy atom. The van der Waals surface area contributed by atoms with E-state index in [4.69, 9.17) is 0 Å². The molecule has 1 atom stereocenters. The molecule has 2 aromatic rings. The van der Waals surface area contributed by atoms with E-state index >= 15 is 0 Å². The van der Waals surface area contributed by atoms with Gasteiger partial charge in [0, 0.05) is 5.69 Å². The van der Waals surface area contributed by atoms with Crippen LogP contribution in [-0.4, -0.2) is 35.3 Å². The Morgan fingerprint density at radius 3 is 2.63 bits per heavy atom. The van der Waals surface area contributed by atoms with Gasteiger partial charge in [-0.15, -0.1) is 0 Å². The van der Waals surface area contributed by atoms with Crippen LogP contribution in [-0.2, 0) is 16.0 Å². The second kappa shape index (κ2) is 7.99. The molecule has 1 fully saturated rings. The fraction of sp³-hybridized carbons (Fsp3) is 0.250. The smallest absolute Gasteiger partial charge is 0.325 e. The van der Waals surface area contributed by atoms with Gasteiger partial charge in [-0.25, -0.2) is 9.18 Å². The molecule has 6 nitrogen and oxygen atoms in total. The third-order valence-electron chi connectivity index (χ3n) is 4.43. The summed E-state index contributed by atoms with van der Waals surface area (Å²) in [6, 6.07) is 12.7. The summed E-state index contributed by atoms with van der Waals surface area (Å²) >= 11 is 0. The van der Waals surface area contributed by atoms with Crippen LogP contribution in [0.5, 0.6) is 0 Å².